The molecule has 0 amide bonds. The minimum absolute atomic E-state index is 0.222. The molecule has 1 fully saturated rings. The van der Waals surface area contributed by atoms with Crippen molar-refractivity contribution in [3.8, 4) is 0 Å². The minimum atomic E-state index is 0.222. The maximum Gasteiger partial charge on any atom is 0.123 e. The van der Waals surface area contributed by atoms with Crippen LogP contribution in [0.2, 0.25) is 0 Å². The van der Waals surface area contributed by atoms with E-state index < -0.39 is 0 Å². The van der Waals surface area contributed by atoms with Crippen LogP contribution >= 0.6 is 23.1 Å². The Hall–Kier alpha value is -0.100. The highest BCUT2D eigenvalue weighted by Gasteiger charge is 2.22. The van der Waals surface area contributed by atoms with E-state index in [1.807, 2.05) is 23.1 Å². The standard InChI is InChI=1S/C14H24N2OS2/c1-3-5-11-13(9-15-6-4-2)19-14(16-11)12-10-18-8-7-17-12/h12,15H,3-10H2,1-2H3. The molecular formula is C14H24N2OS2. The lowest BCUT2D eigenvalue weighted by Crippen LogP contribution is -2.15. The van der Waals surface area contributed by atoms with Crippen molar-refractivity contribution in [3.05, 3.63) is 15.6 Å². The molecule has 19 heavy (non-hydrogen) atoms. The lowest BCUT2D eigenvalue weighted by molar-refractivity contribution is 0.0754. The number of thiazole rings is 1. The Balaban J connectivity index is 2.04. The molecule has 1 aromatic rings. The Morgan fingerprint density at radius 1 is 1.37 bits per heavy atom. The summed E-state index contributed by atoms with van der Waals surface area (Å²) in [4.78, 5) is 6.25. The van der Waals surface area contributed by atoms with E-state index >= 15 is 0 Å². The van der Waals surface area contributed by atoms with Gasteiger partial charge in [0.2, 0.25) is 0 Å². The van der Waals surface area contributed by atoms with Gasteiger partial charge in [0.25, 0.3) is 0 Å². The summed E-state index contributed by atoms with van der Waals surface area (Å²) in [5.41, 5.74) is 1.28. The quantitative estimate of drug-likeness (QED) is 0.783. The van der Waals surface area contributed by atoms with Crippen molar-refractivity contribution < 1.29 is 4.74 Å². The first-order valence-corrected chi connectivity index (χ1v) is 9.20. The molecule has 1 N–H and O–H groups in total. The third-order valence-electron chi connectivity index (χ3n) is 3.09. The second-order valence-electron chi connectivity index (χ2n) is 4.78. The van der Waals surface area contributed by atoms with Crippen molar-refractivity contribution >= 4 is 23.1 Å². The van der Waals surface area contributed by atoms with Crippen LogP contribution in [0.1, 0.15) is 48.4 Å². The van der Waals surface area contributed by atoms with Crippen molar-refractivity contribution in [2.45, 2.75) is 45.8 Å². The van der Waals surface area contributed by atoms with Crippen LogP contribution in [0.3, 0.4) is 0 Å². The monoisotopic (exact) mass is 300 g/mol. The fourth-order valence-corrected chi connectivity index (χ4v) is 4.21. The Morgan fingerprint density at radius 2 is 2.26 bits per heavy atom. The zero-order chi connectivity index (χ0) is 13.5. The van der Waals surface area contributed by atoms with E-state index in [0.29, 0.717) is 0 Å². The van der Waals surface area contributed by atoms with Crippen LogP contribution in [0.5, 0.6) is 0 Å². The molecular weight excluding hydrogens is 276 g/mol. The molecule has 0 aliphatic carbocycles. The van der Waals surface area contributed by atoms with Gasteiger partial charge in [-0.25, -0.2) is 4.98 Å². The van der Waals surface area contributed by atoms with Crippen LogP contribution < -0.4 is 5.32 Å². The number of hydrogen-bond donors (Lipinski definition) is 1. The Kier molecular flexibility index (Phi) is 6.64. The zero-order valence-corrected chi connectivity index (χ0v) is 13.5. The average Bonchev–Trinajstić information content (AvgIpc) is 2.84. The van der Waals surface area contributed by atoms with E-state index in [4.69, 9.17) is 9.72 Å². The van der Waals surface area contributed by atoms with Gasteiger partial charge in [-0.3, -0.25) is 0 Å². The number of nitrogens with one attached hydrogen (secondary N) is 1. The first-order valence-electron chi connectivity index (χ1n) is 7.23. The zero-order valence-electron chi connectivity index (χ0n) is 11.9. The predicted molar refractivity (Wildman–Crippen MR) is 84.1 cm³/mol. The van der Waals surface area contributed by atoms with Gasteiger partial charge in [-0.1, -0.05) is 20.3 Å². The molecule has 2 heterocycles. The third kappa shape index (κ3) is 4.45. The normalized spacial score (nSPS) is 19.8. The lowest BCUT2D eigenvalue weighted by atomic mass is 10.2. The summed E-state index contributed by atoms with van der Waals surface area (Å²) >= 11 is 3.82. The van der Waals surface area contributed by atoms with Gasteiger partial charge in [-0.15, -0.1) is 11.3 Å². The third-order valence-corrected chi connectivity index (χ3v) is 5.27. The van der Waals surface area contributed by atoms with Gasteiger partial charge in [0.05, 0.1) is 12.3 Å². The first-order chi connectivity index (χ1) is 9.35. The molecule has 1 unspecified atom stereocenters. The van der Waals surface area contributed by atoms with Crippen LogP contribution in [0.15, 0.2) is 0 Å². The van der Waals surface area contributed by atoms with E-state index in [1.54, 1.807) is 0 Å². The number of ether oxygens (including phenoxy) is 1. The molecule has 1 aliphatic rings. The average molecular weight is 300 g/mol. The number of rotatable bonds is 7. The van der Waals surface area contributed by atoms with E-state index in [2.05, 4.69) is 19.2 Å². The van der Waals surface area contributed by atoms with Gasteiger partial charge < -0.3 is 10.1 Å². The van der Waals surface area contributed by atoms with E-state index in [1.165, 1.54) is 22.0 Å². The summed E-state index contributed by atoms with van der Waals surface area (Å²) in [5, 5.41) is 4.68. The highest BCUT2D eigenvalue weighted by molar-refractivity contribution is 7.99. The smallest absolute Gasteiger partial charge is 0.123 e. The number of hydrogen-bond acceptors (Lipinski definition) is 5. The molecule has 1 atom stereocenters. The highest BCUT2D eigenvalue weighted by atomic mass is 32.2. The van der Waals surface area contributed by atoms with Gasteiger partial charge in [0.1, 0.15) is 11.1 Å². The van der Waals surface area contributed by atoms with Crippen LogP contribution in [-0.2, 0) is 17.7 Å². The molecule has 2 rings (SSSR count). The first kappa shape index (κ1) is 15.3. The van der Waals surface area contributed by atoms with Crippen molar-refractivity contribution in [1.82, 2.24) is 10.3 Å². The summed E-state index contributed by atoms with van der Waals surface area (Å²) in [7, 11) is 0. The topological polar surface area (TPSA) is 34.1 Å². The molecule has 0 radical (unpaired) electrons. The molecule has 0 saturated carbocycles. The maximum atomic E-state index is 5.84. The van der Waals surface area contributed by atoms with Crippen molar-refractivity contribution in [1.29, 1.82) is 0 Å². The molecule has 0 aromatic carbocycles. The Morgan fingerprint density at radius 3 is 2.95 bits per heavy atom. The largest absolute Gasteiger partial charge is 0.369 e. The lowest BCUT2D eigenvalue weighted by Gasteiger charge is -2.19. The fraction of sp³-hybridized carbons (Fsp3) is 0.786. The Bertz CT molecular complexity index is 376. The van der Waals surface area contributed by atoms with Crippen LogP contribution in [0.25, 0.3) is 0 Å². The molecule has 3 nitrogen and oxygen atoms in total. The number of aromatic nitrogens is 1. The Labute approximate surface area is 124 Å². The van der Waals surface area contributed by atoms with Gasteiger partial charge in [0, 0.05) is 22.9 Å². The van der Waals surface area contributed by atoms with Crippen molar-refractivity contribution in [2.24, 2.45) is 0 Å². The second kappa shape index (κ2) is 8.25. The molecule has 1 aromatic heterocycles. The van der Waals surface area contributed by atoms with E-state index in [0.717, 1.165) is 44.0 Å². The van der Waals surface area contributed by atoms with Crippen LogP contribution in [-0.4, -0.2) is 29.6 Å². The predicted octanol–water partition coefficient (Wildman–Crippen LogP) is 3.40. The van der Waals surface area contributed by atoms with Gasteiger partial charge >= 0.3 is 0 Å². The molecule has 1 saturated heterocycles. The number of thioether (sulfide) groups is 1. The molecule has 0 bridgehead atoms. The van der Waals surface area contributed by atoms with E-state index in [9.17, 15) is 0 Å². The van der Waals surface area contributed by atoms with Crippen LogP contribution in [0.4, 0.5) is 0 Å². The summed E-state index contributed by atoms with van der Waals surface area (Å²) in [6, 6.07) is 0. The summed E-state index contributed by atoms with van der Waals surface area (Å²) in [6.07, 6.45) is 3.64. The summed E-state index contributed by atoms with van der Waals surface area (Å²) < 4.78 is 5.84. The number of aryl methyl sites for hydroxylation is 1. The fourth-order valence-electron chi connectivity index (χ4n) is 2.12. The molecule has 0 spiro atoms. The highest BCUT2D eigenvalue weighted by Crippen LogP contribution is 2.31. The summed E-state index contributed by atoms with van der Waals surface area (Å²) in [6.45, 7) is 7.32. The van der Waals surface area contributed by atoms with Gasteiger partial charge in [0.15, 0.2) is 0 Å². The van der Waals surface area contributed by atoms with Crippen molar-refractivity contribution in [2.75, 3.05) is 24.7 Å². The minimum Gasteiger partial charge on any atom is -0.369 e. The SMILES string of the molecule is CCCNCc1sc(C2CSCCO2)nc1CCC. The molecule has 1 aliphatic heterocycles. The summed E-state index contributed by atoms with van der Waals surface area (Å²) in [5.74, 6) is 2.18. The van der Waals surface area contributed by atoms with E-state index in [-0.39, 0.29) is 6.10 Å². The van der Waals surface area contributed by atoms with Crippen LogP contribution in [0, 0.1) is 0 Å². The van der Waals surface area contributed by atoms with Gasteiger partial charge in [-0.05, 0) is 19.4 Å². The molecule has 108 valence electrons. The van der Waals surface area contributed by atoms with Gasteiger partial charge in [-0.2, -0.15) is 11.8 Å². The number of nitrogens with zero attached hydrogens (tertiary/aromatic N) is 1. The van der Waals surface area contributed by atoms with Crippen molar-refractivity contribution in [3.63, 3.8) is 0 Å². The molecule has 5 heteroatoms. The second-order valence-corrected chi connectivity index (χ2v) is 7.05. The maximum absolute atomic E-state index is 5.84.